The second-order valence-electron chi connectivity index (χ2n) is 7.37. The molecule has 0 aliphatic carbocycles. The van der Waals surface area contributed by atoms with Gasteiger partial charge < -0.3 is 5.32 Å². The average Bonchev–Trinajstić information content (AvgIpc) is 2.54. The van der Waals surface area contributed by atoms with Crippen LogP contribution < -0.4 is 5.32 Å². The minimum atomic E-state index is 0.314. The van der Waals surface area contributed by atoms with Gasteiger partial charge in [0.2, 0.25) is 0 Å². The number of nitrogens with one attached hydrogen (secondary N) is 1. The lowest BCUT2D eigenvalue weighted by Crippen LogP contribution is -2.47. The van der Waals surface area contributed by atoms with Crippen molar-refractivity contribution < 1.29 is 0 Å². The molecule has 1 heterocycles. The van der Waals surface area contributed by atoms with E-state index in [1.165, 1.54) is 17.5 Å². The first-order valence-corrected chi connectivity index (χ1v) is 7.90. The summed E-state index contributed by atoms with van der Waals surface area (Å²) in [5.41, 5.74) is 3.19. The Morgan fingerprint density at radius 3 is 2.60 bits per heavy atom. The van der Waals surface area contributed by atoms with Gasteiger partial charge in [0, 0.05) is 25.2 Å². The van der Waals surface area contributed by atoms with Gasteiger partial charge in [-0.2, -0.15) is 0 Å². The van der Waals surface area contributed by atoms with Gasteiger partial charge in [0.15, 0.2) is 0 Å². The fourth-order valence-corrected chi connectivity index (χ4v) is 2.93. The molecule has 0 bridgehead atoms. The molecular formula is C18H30N2. The maximum atomic E-state index is 3.74. The van der Waals surface area contributed by atoms with E-state index in [0.717, 1.165) is 19.6 Å². The van der Waals surface area contributed by atoms with Gasteiger partial charge in [-0.3, -0.25) is 4.90 Å². The van der Waals surface area contributed by atoms with E-state index in [4.69, 9.17) is 0 Å². The van der Waals surface area contributed by atoms with Crippen molar-refractivity contribution in [2.24, 2.45) is 5.41 Å². The molecular weight excluding hydrogens is 244 g/mol. The van der Waals surface area contributed by atoms with Gasteiger partial charge in [0.1, 0.15) is 0 Å². The van der Waals surface area contributed by atoms with Crippen molar-refractivity contribution >= 4 is 0 Å². The number of benzene rings is 1. The van der Waals surface area contributed by atoms with Crippen molar-refractivity contribution in [1.29, 1.82) is 0 Å². The Hall–Kier alpha value is -0.860. The van der Waals surface area contributed by atoms with Crippen LogP contribution in [-0.4, -0.2) is 30.1 Å². The molecule has 2 rings (SSSR count). The van der Waals surface area contributed by atoms with Gasteiger partial charge in [-0.05, 0) is 43.4 Å². The molecule has 20 heavy (non-hydrogen) atoms. The highest BCUT2D eigenvalue weighted by atomic mass is 15.2. The quantitative estimate of drug-likeness (QED) is 0.886. The van der Waals surface area contributed by atoms with Crippen molar-refractivity contribution in [2.75, 3.05) is 13.1 Å². The summed E-state index contributed by atoms with van der Waals surface area (Å²) in [4.78, 5) is 2.65. The van der Waals surface area contributed by atoms with Crippen LogP contribution in [0.3, 0.4) is 0 Å². The van der Waals surface area contributed by atoms with Gasteiger partial charge in [0.25, 0.3) is 0 Å². The van der Waals surface area contributed by atoms with Crippen LogP contribution in [0.4, 0.5) is 0 Å². The lowest BCUT2D eigenvalue weighted by molar-refractivity contribution is 0.157. The number of rotatable bonds is 2. The highest BCUT2D eigenvalue weighted by Gasteiger charge is 2.30. The van der Waals surface area contributed by atoms with Gasteiger partial charge in [-0.25, -0.2) is 0 Å². The van der Waals surface area contributed by atoms with Crippen molar-refractivity contribution in [3.63, 3.8) is 0 Å². The molecule has 0 radical (unpaired) electrons. The first-order chi connectivity index (χ1) is 9.38. The summed E-state index contributed by atoms with van der Waals surface area (Å²) in [6.45, 7) is 14.9. The molecule has 1 aromatic rings. The predicted octanol–water partition coefficient (Wildman–Crippen LogP) is 3.59. The molecule has 1 aliphatic heterocycles. The first-order valence-electron chi connectivity index (χ1n) is 7.90. The van der Waals surface area contributed by atoms with Gasteiger partial charge >= 0.3 is 0 Å². The molecule has 1 aromatic carbocycles. The van der Waals surface area contributed by atoms with Crippen LogP contribution in [0.2, 0.25) is 0 Å². The van der Waals surface area contributed by atoms with E-state index in [9.17, 15) is 0 Å². The minimum absolute atomic E-state index is 0.314. The van der Waals surface area contributed by atoms with E-state index >= 15 is 0 Å². The molecule has 1 aliphatic rings. The predicted molar refractivity (Wildman–Crippen MR) is 86.9 cm³/mol. The standard InChI is InChI=1S/C18H30N2/c1-14-8-6-7-9-16(14)12-20-13-17(18(3,4)5)19-11-10-15(20)2/h6-9,15,17,19H,10-13H2,1-5H3. The molecule has 2 unspecified atom stereocenters. The average molecular weight is 274 g/mol. The number of nitrogens with zero attached hydrogens (tertiary/aromatic N) is 1. The summed E-state index contributed by atoms with van der Waals surface area (Å²) in [5, 5.41) is 3.74. The third kappa shape index (κ3) is 3.83. The lowest BCUT2D eigenvalue weighted by atomic mass is 9.86. The third-order valence-corrected chi connectivity index (χ3v) is 4.67. The summed E-state index contributed by atoms with van der Waals surface area (Å²) in [5.74, 6) is 0. The lowest BCUT2D eigenvalue weighted by Gasteiger charge is -2.35. The summed E-state index contributed by atoms with van der Waals surface area (Å²) in [6, 6.07) is 9.99. The molecule has 0 aromatic heterocycles. The van der Waals surface area contributed by atoms with E-state index in [2.05, 4.69) is 69.1 Å². The second-order valence-corrected chi connectivity index (χ2v) is 7.37. The molecule has 1 saturated heterocycles. The van der Waals surface area contributed by atoms with E-state index < -0.39 is 0 Å². The summed E-state index contributed by atoms with van der Waals surface area (Å²) < 4.78 is 0. The maximum absolute atomic E-state index is 3.74. The minimum Gasteiger partial charge on any atom is -0.312 e. The number of hydrogen-bond donors (Lipinski definition) is 1. The highest BCUT2D eigenvalue weighted by Crippen LogP contribution is 2.24. The number of aryl methyl sites for hydroxylation is 1. The number of hydrogen-bond acceptors (Lipinski definition) is 2. The second kappa shape index (κ2) is 6.28. The van der Waals surface area contributed by atoms with E-state index in [0.29, 0.717) is 17.5 Å². The Bertz CT molecular complexity index is 433. The molecule has 2 heteroatoms. The van der Waals surface area contributed by atoms with Crippen molar-refractivity contribution in [3.05, 3.63) is 35.4 Å². The molecule has 0 amide bonds. The van der Waals surface area contributed by atoms with E-state index in [1.807, 2.05) is 0 Å². The Balaban J connectivity index is 2.13. The summed E-state index contributed by atoms with van der Waals surface area (Å²) in [6.07, 6.45) is 1.23. The monoisotopic (exact) mass is 274 g/mol. The fraction of sp³-hybridized carbons (Fsp3) is 0.667. The van der Waals surface area contributed by atoms with Crippen LogP contribution in [0.5, 0.6) is 0 Å². The first kappa shape index (κ1) is 15.5. The molecule has 2 atom stereocenters. The molecule has 0 saturated carbocycles. The maximum Gasteiger partial charge on any atom is 0.0243 e. The highest BCUT2D eigenvalue weighted by molar-refractivity contribution is 5.25. The van der Waals surface area contributed by atoms with Gasteiger partial charge in [-0.1, -0.05) is 45.0 Å². The van der Waals surface area contributed by atoms with Crippen LogP contribution in [0.25, 0.3) is 0 Å². The smallest absolute Gasteiger partial charge is 0.0243 e. The Morgan fingerprint density at radius 2 is 1.95 bits per heavy atom. The molecule has 1 fully saturated rings. The Labute approximate surface area is 124 Å². The third-order valence-electron chi connectivity index (χ3n) is 4.67. The molecule has 2 nitrogen and oxygen atoms in total. The van der Waals surface area contributed by atoms with Crippen LogP contribution >= 0.6 is 0 Å². The van der Waals surface area contributed by atoms with Crippen LogP contribution in [0.15, 0.2) is 24.3 Å². The van der Waals surface area contributed by atoms with E-state index in [1.54, 1.807) is 0 Å². The Morgan fingerprint density at radius 1 is 1.25 bits per heavy atom. The largest absolute Gasteiger partial charge is 0.312 e. The molecule has 1 N–H and O–H groups in total. The van der Waals surface area contributed by atoms with Gasteiger partial charge in [-0.15, -0.1) is 0 Å². The zero-order valence-electron chi connectivity index (χ0n) is 13.7. The summed E-state index contributed by atoms with van der Waals surface area (Å²) >= 11 is 0. The fourth-order valence-electron chi connectivity index (χ4n) is 2.93. The zero-order valence-corrected chi connectivity index (χ0v) is 13.7. The van der Waals surface area contributed by atoms with E-state index in [-0.39, 0.29) is 0 Å². The zero-order chi connectivity index (χ0) is 14.8. The van der Waals surface area contributed by atoms with Gasteiger partial charge in [0.05, 0.1) is 0 Å². The SMILES string of the molecule is Cc1ccccc1CN1CC(C(C)(C)C)NCCC1C. The normalized spacial score (nSPS) is 25.4. The van der Waals surface area contributed by atoms with Crippen molar-refractivity contribution in [3.8, 4) is 0 Å². The molecule has 112 valence electrons. The molecule has 0 spiro atoms. The van der Waals surface area contributed by atoms with Crippen LogP contribution in [0, 0.1) is 12.3 Å². The van der Waals surface area contributed by atoms with Crippen molar-refractivity contribution in [1.82, 2.24) is 10.2 Å². The van der Waals surface area contributed by atoms with Crippen molar-refractivity contribution in [2.45, 2.75) is 59.7 Å². The van der Waals surface area contributed by atoms with Crippen LogP contribution in [-0.2, 0) is 6.54 Å². The van der Waals surface area contributed by atoms with Crippen LogP contribution in [0.1, 0.15) is 45.2 Å². The summed E-state index contributed by atoms with van der Waals surface area (Å²) in [7, 11) is 0. The topological polar surface area (TPSA) is 15.3 Å². The Kier molecular flexibility index (Phi) is 4.87.